The molecule has 1 fully saturated rings. The summed E-state index contributed by atoms with van der Waals surface area (Å²) in [5, 5.41) is 9.85. The SMILES string of the molecule is O=C(NCc1ccc(Cn2cccn2)cc1)c1ccnc(NC(=O)C2CC2)c1. The van der Waals surface area contributed by atoms with Crippen LogP contribution in [0.25, 0.3) is 0 Å². The summed E-state index contributed by atoms with van der Waals surface area (Å²) in [5.74, 6) is 0.272. The molecule has 1 aliphatic rings. The third-order valence-corrected chi connectivity index (χ3v) is 4.60. The number of carbonyl (C=O) groups is 2. The normalized spacial score (nSPS) is 13.1. The Kier molecular flexibility index (Phi) is 5.14. The van der Waals surface area contributed by atoms with Crippen molar-refractivity contribution in [3.8, 4) is 0 Å². The lowest BCUT2D eigenvalue weighted by molar-refractivity contribution is -0.117. The number of anilines is 1. The maximum Gasteiger partial charge on any atom is 0.251 e. The minimum absolute atomic E-state index is 0.0275. The van der Waals surface area contributed by atoms with Gasteiger partial charge in [-0.15, -0.1) is 0 Å². The number of benzene rings is 1. The lowest BCUT2D eigenvalue weighted by atomic mass is 10.1. The molecule has 2 amide bonds. The minimum atomic E-state index is -0.204. The summed E-state index contributed by atoms with van der Waals surface area (Å²) in [4.78, 5) is 28.4. The van der Waals surface area contributed by atoms with Crippen molar-refractivity contribution in [1.29, 1.82) is 0 Å². The highest BCUT2D eigenvalue weighted by Gasteiger charge is 2.29. The van der Waals surface area contributed by atoms with Crippen LogP contribution < -0.4 is 10.6 Å². The first-order valence-corrected chi connectivity index (χ1v) is 9.28. The van der Waals surface area contributed by atoms with Gasteiger partial charge in [0.2, 0.25) is 5.91 Å². The van der Waals surface area contributed by atoms with Crippen LogP contribution in [-0.2, 0) is 17.9 Å². The van der Waals surface area contributed by atoms with Crippen LogP contribution in [0.1, 0.15) is 34.3 Å². The largest absolute Gasteiger partial charge is 0.348 e. The van der Waals surface area contributed by atoms with Gasteiger partial charge in [-0.05, 0) is 42.2 Å². The number of nitrogens with one attached hydrogen (secondary N) is 2. The van der Waals surface area contributed by atoms with Crippen molar-refractivity contribution in [3.63, 3.8) is 0 Å². The van der Waals surface area contributed by atoms with Gasteiger partial charge in [-0.25, -0.2) is 4.98 Å². The van der Waals surface area contributed by atoms with Gasteiger partial charge >= 0.3 is 0 Å². The van der Waals surface area contributed by atoms with E-state index in [9.17, 15) is 9.59 Å². The molecule has 0 saturated heterocycles. The molecule has 2 aromatic heterocycles. The maximum atomic E-state index is 12.4. The van der Waals surface area contributed by atoms with Crippen molar-refractivity contribution in [2.75, 3.05) is 5.32 Å². The van der Waals surface area contributed by atoms with E-state index >= 15 is 0 Å². The molecule has 4 rings (SSSR count). The van der Waals surface area contributed by atoms with E-state index in [4.69, 9.17) is 0 Å². The van der Waals surface area contributed by atoms with Gasteiger partial charge in [0, 0.05) is 36.6 Å². The van der Waals surface area contributed by atoms with E-state index in [1.165, 1.54) is 6.20 Å². The van der Waals surface area contributed by atoms with Crippen molar-refractivity contribution in [2.45, 2.75) is 25.9 Å². The van der Waals surface area contributed by atoms with Gasteiger partial charge in [0.15, 0.2) is 0 Å². The lowest BCUT2D eigenvalue weighted by Gasteiger charge is -2.08. The molecule has 7 nitrogen and oxygen atoms in total. The smallest absolute Gasteiger partial charge is 0.251 e. The van der Waals surface area contributed by atoms with E-state index in [1.54, 1.807) is 18.3 Å². The molecule has 2 N–H and O–H groups in total. The van der Waals surface area contributed by atoms with Crippen molar-refractivity contribution in [2.24, 2.45) is 5.92 Å². The van der Waals surface area contributed by atoms with Crippen molar-refractivity contribution in [1.82, 2.24) is 20.1 Å². The second kappa shape index (κ2) is 8.04. The highest BCUT2D eigenvalue weighted by atomic mass is 16.2. The van der Waals surface area contributed by atoms with E-state index in [2.05, 4.69) is 20.7 Å². The van der Waals surface area contributed by atoms with Gasteiger partial charge in [-0.3, -0.25) is 14.3 Å². The molecular weight excluding hydrogens is 354 g/mol. The van der Waals surface area contributed by atoms with Gasteiger partial charge in [-0.2, -0.15) is 5.10 Å². The van der Waals surface area contributed by atoms with Crippen LogP contribution in [0.2, 0.25) is 0 Å². The number of amides is 2. The summed E-state index contributed by atoms with van der Waals surface area (Å²) in [6.07, 6.45) is 7.05. The van der Waals surface area contributed by atoms with Crippen LogP contribution in [0, 0.1) is 5.92 Å². The first-order valence-electron chi connectivity index (χ1n) is 9.28. The highest BCUT2D eigenvalue weighted by Crippen LogP contribution is 2.29. The van der Waals surface area contributed by atoms with Gasteiger partial charge in [-0.1, -0.05) is 24.3 Å². The van der Waals surface area contributed by atoms with Gasteiger partial charge < -0.3 is 10.6 Å². The monoisotopic (exact) mass is 375 g/mol. The third-order valence-electron chi connectivity index (χ3n) is 4.60. The Morgan fingerprint density at radius 3 is 2.57 bits per heavy atom. The van der Waals surface area contributed by atoms with Crippen LogP contribution in [0.5, 0.6) is 0 Å². The highest BCUT2D eigenvalue weighted by molar-refractivity contribution is 5.97. The molecule has 0 aliphatic heterocycles. The van der Waals surface area contributed by atoms with E-state index in [1.807, 2.05) is 41.2 Å². The summed E-state index contributed by atoms with van der Waals surface area (Å²) < 4.78 is 1.86. The second-order valence-corrected chi connectivity index (χ2v) is 6.90. The van der Waals surface area contributed by atoms with E-state index < -0.39 is 0 Å². The maximum absolute atomic E-state index is 12.4. The van der Waals surface area contributed by atoms with Crippen LogP contribution in [-0.4, -0.2) is 26.6 Å². The fourth-order valence-electron chi connectivity index (χ4n) is 2.84. The molecule has 1 aromatic carbocycles. The van der Waals surface area contributed by atoms with Gasteiger partial charge in [0.05, 0.1) is 6.54 Å². The number of rotatable bonds is 7. The zero-order valence-electron chi connectivity index (χ0n) is 15.3. The molecule has 1 saturated carbocycles. The Morgan fingerprint density at radius 2 is 1.86 bits per heavy atom. The summed E-state index contributed by atoms with van der Waals surface area (Å²) in [5.41, 5.74) is 2.62. The molecule has 7 heteroatoms. The predicted octanol–water partition coefficient (Wildman–Crippen LogP) is 2.60. The Hall–Kier alpha value is -3.48. The first-order chi connectivity index (χ1) is 13.7. The van der Waals surface area contributed by atoms with Crippen LogP contribution in [0.3, 0.4) is 0 Å². The zero-order valence-corrected chi connectivity index (χ0v) is 15.3. The van der Waals surface area contributed by atoms with Crippen LogP contribution >= 0.6 is 0 Å². The standard InChI is InChI=1S/C21H21N5O2/c27-20(18-8-10-22-19(12-18)25-21(28)17-6-7-17)23-13-15-2-4-16(5-3-15)14-26-11-1-9-24-26/h1-5,8-12,17H,6-7,13-14H2,(H,23,27)(H,22,25,28). The summed E-state index contributed by atoms with van der Waals surface area (Å²) in [6, 6.07) is 13.2. The number of hydrogen-bond donors (Lipinski definition) is 2. The summed E-state index contributed by atoms with van der Waals surface area (Å²) in [7, 11) is 0. The number of hydrogen-bond acceptors (Lipinski definition) is 4. The zero-order chi connectivity index (χ0) is 19.3. The molecule has 28 heavy (non-hydrogen) atoms. The van der Waals surface area contributed by atoms with Gasteiger partial charge in [0.1, 0.15) is 5.82 Å². The number of carbonyl (C=O) groups excluding carboxylic acids is 2. The molecule has 3 aromatic rings. The third kappa shape index (κ3) is 4.62. The summed E-state index contributed by atoms with van der Waals surface area (Å²) >= 11 is 0. The first kappa shape index (κ1) is 17.9. The molecule has 0 atom stereocenters. The number of pyridine rings is 1. The van der Waals surface area contributed by atoms with Crippen LogP contribution in [0.15, 0.2) is 61.1 Å². The van der Waals surface area contributed by atoms with E-state index in [-0.39, 0.29) is 17.7 Å². The predicted molar refractivity (Wildman–Crippen MR) is 105 cm³/mol. The average molecular weight is 375 g/mol. The molecule has 142 valence electrons. The molecule has 1 aliphatic carbocycles. The van der Waals surface area contributed by atoms with Crippen molar-refractivity contribution in [3.05, 3.63) is 77.7 Å². The Labute approximate surface area is 162 Å². The second-order valence-electron chi connectivity index (χ2n) is 6.90. The van der Waals surface area contributed by atoms with Gasteiger partial charge in [0.25, 0.3) is 5.91 Å². The molecular formula is C21H21N5O2. The van der Waals surface area contributed by atoms with E-state index in [0.29, 0.717) is 24.5 Å². The quantitative estimate of drug-likeness (QED) is 0.664. The lowest BCUT2D eigenvalue weighted by Crippen LogP contribution is -2.23. The number of nitrogens with zero attached hydrogens (tertiary/aromatic N) is 3. The molecule has 2 heterocycles. The van der Waals surface area contributed by atoms with E-state index in [0.717, 1.165) is 24.0 Å². The fraction of sp³-hybridized carbons (Fsp3) is 0.238. The Bertz CT molecular complexity index is 963. The average Bonchev–Trinajstić information content (AvgIpc) is 3.45. The molecule has 0 unspecified atom stereocenters. The molecule has 0 bridgehead atoms. The van der Waals surface area contributed by atoms with Crippen LogP contribution in [0.4, 0.5) is 5.82 Å². The van der Waals surface area contributed by atoms with Crippen molar-refractivity contribution >= 4 is 17.6 Å². The summed E-state index contributed by atoms with van der Waals surface area (Å²) in [6.45, 7) is 1.14. The Morgan fingerprint density at radius 1 is 1.07 bits per heavy atom. The Balaban J connectivity index is 1.31. The number of aromatic nitrogens is 3. The molecule has 0 radical (unpaired) electrons. The fourth-order valence-corrected chi connectivity index (χ4v) is 2.84. The molecule has 0 spiro atoms. The minimum Gasteiger partial charge on any atom is -0.348 e. The topological polar surface area (TPSA) is 88.9 Å². The van der Waals surface area contributed by atoms with Crippen molar-refractivity contribution < 1.29 is 9.59 Å².